The summed E-state index contributed by atoms with van der Waals surface area (Å²) < 4.78 is 0. The molecule has 1 amide bonds. The number of likely N-dealkylation sites (N-methyl/N-ethyl adjacent to an activating group) is 1. The molecule has 0 bridgehead atoms. The van der Waals surface area contributed by atoms with Crippen LogP contribution in [-0.4, -0.2) is 60.0 Å². The van der Waals surface area contributed by atoms with E-state index in [9.17, 15) is 4.79 Å². The van der Waals surface area contributed by atoms with E-state index in [4.69, 9.17) is 4.98 Å². The van der Waals surface area contributed by atoms with Crippen LogP contribution in [0.5, 0.6) is 0 Å². The van der Waals surface area contributed by atoms with Gasteiger partial charge in [0.25, 0.3) is 0 Å². The van der Waals surface area contributed by atoms with Crippen molar-refractivity contribution < 1.29 is 4.79 Å². The molecular weight excluding hydrogens is 410 g/mol. The van der Waals surface area contributed by atoms with Gasteiger partial charge in [-0.25, -0.2) is 0 Å². The second-order valence-electron chi connectivity index (χ2n) is 10.1. The van der Waals surface area contributed by atoms with Crippen molar-refractivity contribution in [2.75, 3.05) is 32.5 Å². The van der Waals surface area contributed by atoms with Gasteiger partial charge in [0.2, 0.25) is 5.91 Å². The number of hydrogen-bond donors (Lipinski definition) is 2. The molecule has 0 radical (unpaired) electrons. The Hall–Kier alpha value is -2.28. The predicted molar refractivity (Wildman–Crippen MR) is 132 cm³/mol. The van der Waals surface area contributed by atoms with Crippen LogP contribution in [0, 0.1) is 0 Å². The van der Waals surface area contributed by atoms with Crippen LogP contribution in [-0.2, 0) is 24.2 Å². The van der Waals surface area contributed by atoms with Crippen LogP contribution in [0.2, 0.25) is 0 Å². The number of nitrogens with zero attached hydrogens (tertiary/aromatic N) is 3. The third-order valence-corrected chi connectivity index (χ3v) is 7.88. The molecule has 5 rings (SSSR count). The number of likely N-dealkylation sites (tertiary alicyclic amines) is 1. The second-order valence-corrected chi connectivity index (χ2v) is 10.1. The van der Waals surface area contributed by atoms with Gasteiger partial charge >= 0.3 is 0 Å². The summed E-state index contributed by atoms with van der Waals surface area (Å²) in [7, 11) is 4.36. The average molecular weight is 448 g/mol. The van der Waals surface area contributed by atoms with Gasteiger partial charge in [0.05, 0.1) is 11.7 Å². The van der Waals surface area contributed by atoms with E-state index in [1.54, 1.807) is 0 Å². The highest BCUT2D eigenvalue weighted by molar-refractivity contribution is 5.92. The Balaban J connectivity index is 1.25. The first-order valence-corrected chi connectivity index (χ1v) is 12.6. The van der Waals surface area contributed by atoms with Crippen molar-refractivity contribution in [2.45, 2.75) is 69.6 Å². The first-order chi connectivity index (χ1) is 16.1. The van der Waals surface area contributed by atoms with E-state index in [-0.39, 0.29) is 5.91 Å². The zero-order valence-electron chi connectivity index (χ0n) is 20.0. The number of aryl methyl sites for hydroxylation is 1. The standard InChI is InChI=1S/C27H37N5O/c1-31-14-6-10-22(31)16-26(33)30-24-11-3-8-20-17-29-21(15-23(20)24)18-32(2)25-12-4-7-19-9-5-13-28-27(19)25/h3,5,8-9,11,13,21-22,25,29H,4,6-7,10,12,14-18H2,1-2H3,(H,30,33)/t21-,22+,25+/m1/s1. The maximum absolute atomic E-state index is 12.8. The van der Waals surface area contributed by atoms with Crippen molar-refractivity contribution in [2.24, 2.45) is 0 Å². The Morgan fingerprint density at radius 1 is 1.21 bits per heavy atom. The number of nitrogens with one attached hydrogen (secondary N) is 2. The van der Waals surface area contributed by atoms with Crippen LogP contribution in [0.1, 0.15) is 60.5 Å². The largest absolute Gasteiger partial charge is 0.326 e. The predicted octanol–water partition coefficient (Wildman–Crippen LogP) is 3.53. The Kier molecular flexibility index (Phi) is 6.76. The van der Waals surface area contributed by atoms with E-state index < -0.39 is 0 Å². The lowest BCUT2D eigenvalue weighted by molar-refractivity contribution is -0.117. The Labute approximate surface area is 197 Å². The molecule has 0 spiro atoms. The third-order valence-electron chi connectivity index (χ3n) is 7.88. The average Bonchev–Trinajstić information content (AvgIpc) is 3.23. The molecule has 1 saturated heterocycles. The fourth-order valence-corrected chi connectivity index (χ4v) is 6.00. The van der Waals surface area contributed by atoms with Crippen molar-refractivity contribution >= 4 is 11.6 Å². The van der Waals surface area contributed by atoms with Gasteiger partial charge < -0.3 is 15.5 Å². The summed E-state index contributed by atoms with van der Waals surface area (Å²) in [5.74, 6) is 0.138. The van der Waals surface area contributed by atoms with Gasteiger partial charge in [-0.1, -0.05) is 18.2 Å². The van der Waals surface area contributed by atoms with Crippen LogP contribution in [0.4, 0.5) is 5.69 Å². The third kappa shape index (κ3) is 4.98. The van der Waals surface area contributed by atoms with Gasteiger partial charge in [0.1, 0.15) is 0 Å². The van der Waals surface area contributed by atoms with Gasteiger partial charge in [0.15, 0.2) is 0 Å². The van der Waals surface area contributed by atoms with E-state index in [2.05, 4.69) is 64.9 Å². The molecule has 2 aliphatic heterocycles. The van der Waals surface area contributed by atoms with Crippen molar-refractivity contribution in [1.29, 1.82) is 0 Å². The summed E-state index contributed by atoms with van der Waals surface area (Å²) >= 11 is 0. The Morgan fingerprint density at radius 3 is 2.94 bits per heavy atom. The van der Waals surface area contributed by atoms with E-state index >= 15 is 0 Å². The summed E-state index contributed by atoms with van der Waals surface area (Å²) in [6.45, 7) is 2.91. The topological polar surface area (TPSA) is 60.5 Å². The SMILES string of the molecule is CN1CCC[C@H]1CC(=O)Nc1cccc2c1C[C@H](CN(C)[C@H]1CCCc3cccnc31)NC2. The number of carbonyl (C=O) groups is 1. The number of hydrogen-bond acceptors (Lipinski definition) is 5. The van der Waals surface area contributed by atoms with Crippen molar-refractivity contribution in [3.8, 4) is 0 Å². The van der Waals surface area contributed by atoms with Crippen molar-refractivity contribution in [3.63, 3.8) is 0 Å². The zero-order valence-corrected chi connectivity index (χ0v) is 20.0. The quantitative estimate of drug-likeness (QED) is 0.710. The molecule has 3 aliphatic rings. The normalized spacial score (nSPS) is 25.0. The van der Waals surface area contributed by atoms with Gasteiger partial charge in [-0.3, -0.25) is 14.7 Å². The number of rotatable bonds is 6. The van der Waals surface area contributed by atoms with Crippen LogP contribution in [0.15, 0.2) is 36.5 Å². The van der Waals surface area contributed by atoms with E-state index in [0.717, 1.165) is 44.6 Å². The van der Waals surface area contributed by atoms with Crippen LogP contribution < -0.4 is 10.6 Å². The van der Waals surface area contributed by atoms with E-state index in [0.29, 0.717) is 24.5 Å². The molecule has 6 heteroatoms. The Bertz CT molecular complexity index is 992. The minimum Gasteiger partial charge on any atom is -0.326 e. The highest BCUT2D eigenvalue weighted by atomic mass is 16.1. The van der Waals surface area contributed by atoms with Crippen LogP contribution in [0.3, 0.4) is 0 Å². The first kappa shape index (κ1) is 22.5. The molecule has 176 valence electrons. The van der Waals surface area contributed by atoms with E-state index in [1.165, 1.54) is 41.6 Å². The summed E-state index contributed by atoms with van der Waals surface area (Å²) in [5.41, 5.74) is 6.25. The fraction of sp³-hybridized carbons (Fsp3) is 0.556. The van der Waals surface area contributed by atoms with Crippen molar-refractivity contribution in [1.82, 2.24) is 20.1 Å². The summed E-state index contributed by atoms with van der Waals surface area (Å²) in [5, 5.41) is 6.98. The summed E-state index contributed by atoms with van der Waals surface area (Å²) in [6, 6.07) is 11.7. The monoisotopic (exact) mass is 447 g/mol. The lowest BCUT2D eigenvalue weighted by Crippen LogP contribution is -2.45. The van der Waals surface area contributed by atoms with Gasteiger partial charge in [0, 0.05) is 43.5 Å². The van der Waals surface area contributed by atoms with Crippen molar-refractivity contribution in [3.05, 3.63) is 58.9 Å². The molecule has 0 unspecified atom stereocenters. The lowest BCUT2D eigenvalue weighted by Gasteiger charge is -2.36. The molecule has 3 heterocycles. The molecule has 6 nitrogen and oxygen atoms in total. The minimum absolute atomic E-state index is 0.138. The lowest BCUT2D eigenvalue weighted by atomic mass is 9.90. The van der Waals surface area contributed by atoms with Crippen LogP contribution in [0.25, 0.3) is 0 Å². The maximum atomic E-state index is 12.8. The number of anilines is 1. The van der Waals surface area contributed by atoms with Gasteiger partial charge in [-0.2, -0.15) is 0 Å². The molecule has 1 aliphatic carbocycles. The van der Waals surface area contributed by atoms with E-state index in [1.807, 2.05) is 6.20 Å². The number of aromatic nitrogens is 1. The fourth-order valence-electron chi connectivity index (χ4n) is 6.00. The first-order valence-electron chi connectivity index (χ1n) is 12.6. The molecule has 2 N–H and O–H groups in total. The highest BCUT2D eigenvalue weighted by Gasteiger charge is 2.29. The van der Waals surface area contributed by atoms with Crippen LogP contribution >= 0.6 is 0 Å². The maximum Gasteiger partial charge on any atom is 0.225 e. The summed E-state index contributed by atoms with van der Waals surface area (Å²) in [6.07, 6.45) is 9.29. The number of amides is 1. The molecule has 3 atom stereocenters. The summed E-state index contributed by atoms with van der Waals surface area (Å²) in [4.78, 5) is 22.3. The van der Waals surface area contributed by atoms with Gasteiger partial charge in [-0.15, -0.1) is 0 Å². The number of benzene rings is 1. The number of fused-ring (bicyclic) bond motifs is 2. The molecule has 1 aromatic heterocycles. The molecular formula is C27H37N5O. The highest BCUT2D eigenvalue weighted by Crippen LogP contribution is 2.33. The molecule has 1 aromatic carbocycles. The molecule has 0 saturated carbocycles. The molecule has 2 aromatic rings. The van der Waals surface area contributed by atoms with Gasteiger partial charge in [-0.05, 0) is 88.0 Å². The zero-order chi connectivity index (χ0) is 22.8. The molecule has 1 fully saturated rings. The number of pyridine rings is 1. The smallest absolute Gasteiger partial charge is 0.225 e. The number of carbonyl (C=O) groups excluding carboxylic acids is 1. The second kappa shape index (κ2) is 9.92. The Morgan fingerprint density at radius 2 is 2.09 bits per heavy atom. The molecule has 33 heavy (non-hydrogen) atoms. The minimum atomic E-state index is 0.138.